The van der Waals surface area contributed by atoms with Crippen molar-refractivity contribution >= 4 is 43.2 Å². The van der Waals surface area contributed by atoms with Gasteiger partial charge in [-0.25, -0.2) is 13.1 Å². The molecule has 1 atom stereocenters. The van der Waals surface area contributed by atoms with E-state index in [1.165, 1.54) is 11.1 Å². The summed E-state index contributed by atoms with van der Waals surface area (Å²) in [5.74, 6) is 0. The lowest BCUT2D eigenvalue weighted by atomic mass is 10.0. The number of halogens is 1. The molecule has 1 N–H and O–H groups in total. The van der Waals surface area contributed by atoms with Gasteiger partial charge in [0, 0.05) is 11.1 Å². The van der Waals surface area contributed by atoms with E-state index in [0.29, 0.717) is 21.8 Å². The molecule has 1 aromatic heterocycles. The maximum atomic E-state index is 13.1. The Balaban J connectivity index is 1.42. The highest BCUT2D eigenvalue weighted by molar-refractivity contribution is 7.89. The average Bonchev–Trinajstić information content (AvgIpc) is 3.38. The number of aromatic nitrogens is 1. The summed E-state index contributed by atoms with van der Waals surface area (Å²) in [6, 6.07) is 18.1. The molecule has 4 aromatic rings. The van der Waals surface area contributed by atoms with Crippen LogP contribution in [-0.4, -0.2) is 13.0 Å². The van der Waals surface area contributed by atoms with Gasteiger partial charge in [0.1, 0.15) is 0 Å². The zero-order valence-corrected chi connectivity index (χ0v) is 20.4. The number of rotatable bonds is 6. The number of nitrogens with zero attached hydrogens (tertiary/aromatic N) is 1. The van der Waals surface area contributed by atoms with Crippen LogP contribution in [0.1, 0.15) is 41.6 Å². The summed E-state index contributed by atoms with van der Waals surface area (Å²) in [7, 11) is -3.76. The largest absolute Gasteiger partial charge is 0.308 e. The molecule has 33 heavy (non-hydrogen) atoms. The Morgan fingerprint density at radius 3 is 2.67 bits per heavy atom. The predicted molar refractivity (Wildman–Crippen MR) is 134 cm³/mol. The predicted octanol–water partition coefficient (Wildman–Crippen LogP) is 5.29. The SMILES string of the molecule is C[C@@H](NS(=O)(=O)c1ccc2c(c1)sc(=O)n2Cc1ccccc1Cl)c1ccc2c(c1)CCC2. The van der Waals surface area contributed by atoms with Crippen molar-refractivity contribution in [3.63, 3.8) is 0 Å². The number of aryl methyl sites for hydroxylation is 2. The second-order valence-electron chi connectivity index (χ2n) is 8.40. The van der Waals surface area contributed by atoms with Crippen LogP contribution in [-0.2, 0) is 29.4 Å². The fourth-order valence-electron chi connectivity index (χ4n) is 4.39. The summed E-state index contributed by atoms with van der Waals surface area (Å²) in [6.45, 7) is 2.18. The molecule has 0 spiro atoms. The third-order valence-corrected chi connectivity index (χ3v) is 9.04. The molecule has 170 valence electrons. The highest BCUT2D eigenvalue weighted by Gasteiger charge is 2.21. The lowest BCUT2D eigenvalue weighted by molar-refractivity contribution is 0.567. The third-order valence-electron chi connectivity index (χ3n) is 6.19. The van der Waals surface area contributed by atoms with Crippen LogP contribution in [0.25, 0.3) is 10.2 Å². The number of benzene rings is 3. The molecule has 5 rings (SSSR count). The minimum Gasteiger partial charge on any atom is -0.294 e. The van der Waals surface area contributed by atoms with Crippen LogP contribution in [0.4, 0.5) is 0 Å². The highest BCUT2D eigenvalue weighted by Crippen LogP contribution is 2.28. The van der Waals surface area contributed by atoms with Gasteiger partial charge in [0.2, 0.25) is 10.0 Å². The first-order chi connectivity index (χ1) is 15.8. The Morgan fingerprint density at radius 2 is 1.85 bits per heavy atom. The van der Waals surface area contributed by atoms with Crippen molar-refractivity contribution in [3.05, 3.63) is 97.6 Å². The lowest BCUT2D eigenvalue weighted by Crippen LogP contribution is -2.27. The van der Waals surface area contributed by atoms with Crippen LogP contribution in [0.15, 0.2) is 70.4 Å². The van der Waals surface area contributed by atoms with Gasteiger partial charge in [-0.3, -0.25) is 9.36 Å². The van der Waals surface area contributed by atoms with Crippen LogP contribution in [0.3, 0.4) is 0 Å². The molecule has 0 unspecified atom stereocenters. The molecule has 8 heteroatoms. The van der Waals surface area contributed by atoms with Crippen molar-refractivity contribution in [1.82, 2.24) is 9.29 Å². The minimum absolute atomic E-state index is 0.147. The summed E-state index contributed by atoms with van der Waals surface area (Å²) >= 11 is 7.30. The minimum atomic E-state index is -3.76. The molecular formula is C25H23ClN2O3S2. The normalized spacial score (nSPS) is 14.5. The van der Waals surface area contributed by atoms with Crippen molar-refractivity contribution in [2.75, 3.05) is 0 Å². The fraction of sp³-hybridized carbons (Fsp3) is 0.240. The summed E-state index contributed by atoms with van der Waals surface area (Å²) in [4.78, 5) is 12.6. The van der Waals surface area contributed by atoms with Crippen LogP contribution >= 0.6 is 22.9 Å². The van der Waals surface area contributed by atoms with Crippen molar-refractivity contribution in [2.45, 2.75) is 43.7 Å². The van der Waals surface area contributed by atoms with E-state index in [-0.39, 0.29) is 15.8 Å². The van der Waals surface area contributed by atoms with E-state index in [4.69, 9.17) is 11.6 Å². The Hall–Kier alpha value is -2.45. The van der Waals surface area contributed by atoms with Gasteiger partial charge < -0.3 is 0 Å². The number of hydrogen-bond donors (Lipinski definition) is 1. The fourth-order valence-corrected chi connectivity index (χ4v) is 6.85. The van der Waals surface area contributed by atoms with Gasteiger partial charge in [0.15, 0.2) is 0 Å². The molecule has 0 radical (unpaired) electrons. The summed E-state index contributed by atoms with van der Waals surface area (Å²) < 4.78 is 31.3. The van der Waals surface area contributed by atoms with E-state index in [2.05, 4.69) is 16.9 Å². The summed E-state index contributed by atoms with van der Waals surface area (Å²) in [6.07, 6.45) is 3.29. The molecule has 0 saturated heterocycles. The molecule has 0 saturated carbocycles. The number of hydrogen-bond acceptors (Lipinski definition) is 4. The number of fused-ring (bicyclic) bond motifs is 2. The molecule has 3 aromatic carbocycles. The van der Waals surface area contributed by atoms with E-state index in [1.807, 2.05) is 31.2 Å². The molecule has 1 aliphatic rings. The Bertz CT molecular complexity index is 1520. The maximum Gasteiger partial charge on any atom is 0.308 e. The first-order valence-electron chi connectivity index (χ1n) is 10.8. The monoisotopic (exact) mass is 498 g/mol. The molecule has 0 fully saturated rings. The standard InChI is InChI=1S/C25H23ClN2O3S2/c1-16(18-10-9-17-6-4-7-19(17)13-18)27-33(30,31)21-11-12-23-24(14-21)32-25(29)28(23)15-20-5-2-3-8-22(20)26/h2-3,5,8-14,16,27H,4,6-7,15H2,1H3/t16-/m1/s1. The smallest absolute Gasteiger partial charge is 0.294 e. The van der Waals surface area contributed by atoms with E-state index < -0.39 is 10.0 Å². The highest BCUT2D eigenvalue weighted by atomic mass is 35.5. The van der Waals surface area contributed by atoms with E-state index in [1.54, 1.807) is 28.8 Å². The van der Waals surface area contributed by atoms with Crippen LogP contribution in [0.5, 0.6) is 0 Å². The van der Waals surface area contributed by atoms with Crippen molar-refractivity contribution < 1.29 is 8.42 Å². The van der Waals surface area contributed by atoms with Gasteiger partial charge in [-0.15, -0.1) is 0 Å². The van der Waals surface area contributed by atoms with Gasteiger partial charge in [0.25, 0.3) is 0 Å². The summed E-state index contributed by atoms with van der Waals surface area (Å²) in [5.41, 5.74) is 5.15. The van der Waals surface area contributed by atoms with Crippen molar-refractivity contribution in [3.8, 4) is 0 Å². The zero-order chi connectivity index (χ0) is 23.2. The Kier molecular flexibility index (Phi) is 5.91. The maximum absolute atomic E-state index is 13.1. The van der Waals surface area contributed by atoms with Crippen LogP contribution in [0.2, 0.25) is 5.02 Å². The van der Waals surface area contributed by atoms with Crippen molar-refractivity contribution in [2.24, 2.45) is 0 Å². The summed E-state index contributed by atoms with van der Waals surface area (Å²) in [5, 5.41) is 0.590. The quantitative estimate of drug-likeness (QED) is 0.392. The lowest BCUT2D eigenvalue weighted by Gasteiger charge is -2.16. The molecule has 5 nitrogen and oxygen atoms in total. The average molecular weight is 499 g/mol. The van der Waals surface area contributed by atoms with Gasteiger partial charge in [-0.1, -0.05) is 59.3 Å². The molecule has 0 bridgehead atoms. The number of nitrogens with one attached hydrogen (secondary N) is 1. The number of thiazole rings is 1. The molecular weight excluding hydrogens is 476 g/mol. The van der Waals surface area contributed by atoms with E-state index in [9.17, 15) is 13.2 Å². The molecule has 1 heterocycles. The van der Waals surface area contributed by atoms with Crippen molar-refractivity contribution in [1.29, 1.82) is 0 Å². The first-order valence-corrected chi connectivity index (χ1v) is 13.5. The van der Waals surface area contributed by atoms with Gasteiger partial charge in [0.05, 0.1) is 21.7 Å². The Morgan fingerprint density at radius 1 is 1.06 bits per heavy atom. The van der Waals surface area contributed by atoms with E-state index >= 15 is 0 Å². The topological polar surface area (TPSA) is 68.2 Å². The third kappa shape index (κ3) is 4.38. The van der Waals surface area contributed by atoms with Crippen LogP contribution in [0, 0.1) is 0 Å². The molecule has 1 aliphatic carbocycles. The van der Waals surface area contributed by atoms with Gasteiger partial charge in [-0.2, -0.15) is 0 Å². The zero-order valence-electron chi connectivity index (χ0n) is 18.0. The van der Waals surface area contributed by atoms with Crippen LogP contribution < -0.4 is 9.60 Å². The first kappa shape index (κ1) is 22.3. The second-order valence-corrected chi connectivity index (χ2v) is 11.5. The second kappa shape index (κ2) is 8.72. The number of sulfonamides is 1. The van der Waals surface area contributed by atoms with E-state index in [0.717, 1.165) is 41.7 Å². The molecule has 0 aliphatic heterocycles. The van der Waals surface area contributed by atoms with Gasteiger partial charge >= 0.3 is 4.87 Å². The Labute approximate surface area is 201 Å². The van der Waals surface area contributed by atoms with Gasteiger partial charge in [-0.05, 0) is 72.7 Å². The molecule has 0 amide bonds.